The number of aromatic nitrogens is 1. The molecule has 3 aromatic carbocycles. The summed E-state index contributed by atoms with van der Waals surface area (Å²) in [6.45, 7) is 0.0427. The van der Waals surface area contributed by atoms with Crippen molar-refractivity contribution < 1.29 is 14.6 Å². The van der Waals surface area contributed by atoms with Crippen LogP contribution in [-0.4, -0.2) is 28.7 Å². The lowest BCUT2D eigenvalue weighted by molar-refractivity contribution is -0.123. The van der Waals surface area contributed by atoms with Gasteiger partial charge in [0, 0.05) is 25.3 Å². The minimum Gasteiger partial charge on any atom is -0.484 e. The molecule has 0 bridgehead atoms. The van der Waals surface area contributed by atoms with E-state index in [0.29, 0.717) is 5.75 Å². The second-order valence-electron chi connectivity index (χ2n) is 6.86. The van der Waals surface area contributed by atoms with Gasteiger partial charge in [0.1, 0.15) is 5.75 Å². The van der Waals surface area contributed by atoms with E-state index in [1.165, 1.54) is 0 Å². The van der Waals surface area contributed by atoms with Crippen molar-refractivity contribution in [1.82, 2.24) is 9.88 Å². The number of nitrogens with zero attached hydrogens (tertiary/aromatic N) is 1. The first-order valence-corrected chi connectivity index (χ1v) is 9.21. The minimum atomic E-state index is -0.769. The number of aryl methyl sites for hydroxylation is 1. The van der Waals surface area contributed by atoms with E-state index in [1.807, 2.05) is 84.5 Å². The predicted molar refractivity (Wildman–Crippen MR) is 110 cm³/mol. The summed E-state index contributed by atoms with van der Waals surface area (Å²) in [4.78, 5) is 12.1. The number of amides is 1. The van der Waals surface area contributed by atoms with Crippen molar-refractivity contribution in [2.45, 2.75) is 6.10 Å². The average molecular weight is 374 g/mol. The molecule has 2 N–H and O–H groups in total. The van der Waals surface area contributed by atoms with E-state index in [9.17, 15) is 9.90 Å². The molecule has 5 nitrogen and oxygen atoms in total. The molecule has 1 unspecified atom stereocenters. The van der Waals surface area contributed by atoms with Crippen molar-refractivity contribution in [3.63, 3.8) is 0 Å². The lowest BCUT2D eigenvalue weighted by Gasteiger charge is -2.13. The summed E-state index contributed by atoms with van der Waals surface area (Å²) in [7, 11) is 1.98. The maximum atomic E-state index is 12.1. The van der Waals surface area contributed by atoms with Crippen molar-refractivity contribution in [3.8, 4) is 5.75 Å². The van der Waals surface area contributed by atoms with Crippen LogP contribution in [0, 0.1) is 0 Å². The standard InChI is InChI=1S/C23H22N2O3/c1-25-11-10-18-12-19(7-9-21(18)25)22(26)14-24-23(27)15-28-20-8-6-16-4-2-3-5-17(16)13-20/h2-13,22,26H,14-15H2,1H3,(H,24,27). The van der Waals surface area contributed by atoms with Crippen molar-refractivity contribution in [1.29, 1.82) is 0 Å². The van der Waals surface area contributed by atoms with Gasteiger partial charge in [0.2, 0.25) is 0 Å². The topological polar surface area (TPSA) is 63.5 Å². The number of fused-ring (bicyclic) bond motifs is 2. The fourth-order valence-electron chi connectivity index (χ4n) is 3.29. The quantitative estimate of drug-likeness (QED) is 0.542. The zero-order chi connectivity index (χ0) is 19.5. The molecule has 0 aliphatic heterocycles. The third-order valence-electron chi connectivity index (χ3n) is 4.88. The van der Waals surface area contributed by atoms with Crippen LogP contribution >= 0.6 is 0 Å². The zero-order valence-corrected chi connectivity index (χ0v) is 15.6. The first kappa shape index (κ1) is 18.1. The molecular formula is C23H22N2O3. The zero-order valence-electron chi connectivity index (χ0n) is 15.6. The maximum absolute atomic E-state index is 12.1. The van der Waals surface area contributed by atoms with Crippen LogP contribution in [0.4, 0.5) is 0 Å². The van der Waals surface area contributed by atoms with Crippen molar-refractivity contribution >= 4 is 27.6 Å². The van der Waals surface area contributed by atoms with Crippen LogP contribution in [0.15, 0.2) is 72.9 Å². The van der Waals surface area contributed by atoms with Crippen LogP contribution < -0.4 is 10.1 Å². The summed E-state index contributed by atoms with van der Waals surface area (Å²) < 4.78 is 7.60. The van der Waals surface area contributed by atoms with Gasteiger partial charge in [-0.05, 0) is 52.1 Å². The highest BCUT2D eigenvalue weighted by Gasteiger charge is 2.11. The lowest BCUT2D eigenvalue weighted by atomic mass is 10.1. The fourth-order valence-corrected chi connectivity index (χ4v) is 3.29. The molecule has 1 atom stereocenters. The smallest absolute Gasteiger partial charge is 0.258 e. The second kappa shape index (κ2) is 7.74. The summed E-state index contributed by atoms with van der Waals surface area (Å²) >= 11 is 0. The Kier molecular flexibility index (Phi) is 5.00. The van der Waals surface area contributed by atoms with Gasteiger partial charge in [-0.2, -0.15) is 0 Å². The van der Waals surface area contributed by atoms with E-state index in [4.69, 9.17) is 4.74 Å². The van der Waals surface area contributed by atoms with Gasteiger partial charge in [0.25, 0.3) is 5.91 Å². The molecule has 1 heterocycles. The van der Waals surface area contributed by atoms with E-state index in [-0.39, 0.29) is 19.1 Å². The van der Waals surface area contributed by atoms with Gasteiger partial charge < -0.3 is 19.7 Å². The highest BCUT2D eigenvalue weighted by Crippen LogP contribution is 2.21. The monoisotopic (exact) mass is 374 g/mol. The molecule has 1 aromatic heterocycles. The molecule has 0 fully saturated rings. The number of aliphatic hydroxyl groups is 1. The molecule has 0 aliphatic rings. The Hall–Kier alpha value is -3.31. The maximum Gasteiger partial charge on any atom is 0.258 e. The van der Waals surface area contributed by atoms with Crippen LogP contribution in [-0.2, 0) is 11.8 Å². The number of aliphatic hydroxyl groups excluding tert-OH is 1. The molecule has 142 valence electrons. The number of hydrogen-bond donors (Lipinski definition) is 2. The van der Waals surface area contributed by atoms with Gasteiger partial charge in [0.15, 0.2) is 6.61 Å². The van der Waals surface area contributed by atoms with Crippen LogP contribution in [0.1, 0.15) is 11.7 Å². The molecule has 0 spiro atoms. The molecule has 0 aliphatic carbocycles. The third kappa shape index (κ3) is 3.85. The molecule has 28 heavy (non-hydrogen) atoms. The Labute approximate surface area is 163 Å². The number of benzene rings is 3. The van der Waals surface area contributed by atoms with E-state index >= 15 is 0 Å². The Balaban J connectivity index is 1.31. The number of carbonyl (C=O) groups is 1. The highest BCUT2D eigenvalue weighted by atomic mass is 16.5. The second-order valence-corrected chi connectivity index (χ2v) is 6.86. The van der Waals surface area contributed by atoms with Gasteiger partial charge in [-0.25, -0.2) is 0 Å². The van der Waals surface area contributed by atoms with Crippen LogP contribution in [0.25, 0.3) is 21.7 Å². The molecule has 4 aromatic rings. The summed E-state index contributed by atoms with van der Waals surface area (Å²) in [5.74, 6) is 0.372. The summed E-state index contributed by atoms with van der Waals surface area (Å²) in [5, 5.41) is 16.3. The average Bonchev–Trinajstić information content (AvgIpc) is 3.10. The Morgan fingerprint density at radius 3 is 2.71 bits per heavy atom. The van der Waals surface area contributed by atoms with E-state index in [1.54, 1.807) is 0 Å². The summed E-state index contributed by atoms with van der Waals surface area (Å²) in [6.07, 6.45) is 1.21. The predicted octanol–water partition coefficient (Wildman–Crippen LogP) is 3.56. The molecule has 0 saturated carbocycles. The Bertz CT molecular complexity index is 1130. The molecular weight excluding hydrogens is 352 g/mol. The van der Waals surface area contributed by atoms with Gasteiger partial charge in [-0.1, -0.05) is 36.4 Å². The molecule has 0 radical (unpaired) electrons. The Morgan fingerprint density at radius 1 is 1.04 bits per heavy atom. The van der Waals surface area contributed by atoms with E-state index in [2.05, 4.69) is 5.32 Å². The molecule has 5 heteroatoms. The van der Waals surface area contributed by atoms with Crippen molar-refractivity contribution in [3.05, 3.63) is 78.5 Å². The Morgan fingerprint density at radius 2 is 1.86 bits per heavy atom. The van der Waals surface area contributed by atoms with Crippen LogP contribution in [0.2, 0.25) is 0 Å². The SMILES string of the molecule is Cn1ccc2cc(C(O)CNC(=O)COc3ccc4ccccc4c3)ccc21. The minimum absolute atomic E-state index is 0.0945. The largest absolute Gasteiger partial charge is 0.484 e. The van der Waals surface area contributed by atoms with Crippen LogP contribution in [0.5, 0.6) is 5.75 Å². The summed E-state index contributed by atoms with van der Waals surface area (Å²) in [6, 6.07) is 21.5. The van der Waals surface area contributed by atoms with Gasteiger partial charge in [-0.3, -0.25) is 4.79 Å². The van der Waals surface area contributed by atoms with E-state index in [0.717, 1.165) is 27.2 Å². The first-order valence-electron chi connectivity index (χ1n) is 9.21. The van der Waals surface area contributed by atoms with Gasteiger partial charge in [0.05, 0.1) is 6.10 Å². The lowest BCUT2D eigenvalue weighted by Crippen LogP contribution is -2.32. The van der Waals surface area contributed by atoms with Gasteiger partial charge in [-0.15, -0.1) is 0 Å². The first-order chi connectivity index (χ1) is 13.6. The van der Waals surface area contributed by atoms with E-state index < -0.39 is 6.10 Å². The highest BCUT2D eigenvalue weighted by molar-refractivity contribution is 5.84. The molecule has 0 saturated heterocycles. The van der Waals surface area contributed by atoms with Crippen molar-refractivity contribution in [2.24, 2.45) is 7.05 Å². The van der Waals surface area contributed by atoms with Gasteiger partial charge >= 0.3 is 0 Å². The molecule has 1 amide bonds. The normalized spacial score (nSPS) is 12.2. The fraction of sp³-hybridized carbons (Fsp3) is 0.174. The summed E-state index contributed by atoms with van der Waals surface area (Å²) in [5.41, 5.74) is 1.87. The number of hydrogen-bond acceptors (Lipinski definition) is 3. The third-order valence-corrected chi connectivity index (χ3v) is 4.88. The van der Waals surface area contributed by atoms with Crippen molar-refractivity contribution in [2.75, 3.05) is 13.2 Å². The number of ether oxygens (including phenoxy) is 1. The number of nitrogens with one attached hydrogen (secondary N) is 1. The molecule has 4 rings (SSSR count). The van der Waals surface area contributed by atoms with Crippen LogP contribution in [0.3, 0.4) is 0 Å². The number of carbonyl (C=O) groups excluding carboxylic acids is 1. The number of rotatable bonds is 6.